The molecule has 2 N–H and O–H groups in total. The minimum Gasteiger partial charge on any atom is -0.375 e. The second-order valence-corrected chi connectivity index (χ2v) is 7.45. The second-order valence-electron chi connectivity index (χ2n) is 5.24. The Morgan fingerprint density at radius 2 is 2.04 bits per heavy atom. The Morgan fingerprint density at radius 3 is 2.69 bits per heavy atom. The van der Waals surface area contributed by atoms with E-state index in [1.54, 1.807) is 24.3 Å². The number of nitrogens with zero attached hydrogens (tertiary/aromatic N) is 3. The van der Waals surface area contributed by atoms with E-state index >= 15 is 0 Å². The average Bonchev–Trinajstić information content (AvgIpc) is 3.01. The van der Waals surface area contributed by atoms with Crippen molar-refractivity contribution in [3.63, 3.8) is 0 Å². The third-order valence-electron chi connectivity index (χ3n) is 3.42. The summed E-state index contributed by atoms with van der Waals surface area (Å²) in [6.07, 6.45) is 1.03. The molecule has 0 spiro atoms. The zero-order valence-electron chi connectivity index (χ0n) is 13.5. The lowest BCUT2D eigenvalue weighted by atomic mass is 10.3. The summed E-state index contributed by atoms with van der Waals surface area (Å²) in [5.41, 5.74) is 1.05. The van der Waals surface area contributed by atoms with Crippen LogP contribution < -0.4 is 5.32 Å². The molecule has 0 radical (unpaired) electrons. The number of nitrogens with one attached hydrogen (secondary N) is 1. The van der Waals surface area contributed by atoms with Crippen molar-refractivity contribution in [1.82, 2.24) is 14.6 Å². The minimum atomic E-state index is -4.48. The quantitative estimate of drug-likeness (QED) is 0.591. The van der Waals surface area contributed by atoms with E-state index in [9.17, 15) is 13.0 Å². The molecule has 3 rings (SSSR count). The third-order valence-corrected chi connectivity index (χ3v) is 5.00. The number of hydrogen-bond donors (Lipinski definition) is 2. The summed E-state index contributed by atoms with van der Waals surface area (Å²) in [5.74, 6) is 0.415. The predicted molar refractivity (Wildman–Crippen MR) is 97.9 cm³/mol. The Morgan fingerprint density at radius 1 is 1.27 bits per heavy atom. The van der Waals surface area contributed by atoms with E-state index in [4.69, 9.17) is 27.9 Å². The summed E-state index contributed by atoms with van der Waals surface area (Å²) >= 11 is 11.9. The maximum Gasteiger partial charge on any atom is 0.299 e. The molecule has 0 aliphatic rings. The van der Waals surface area contributed by atoms with E-state index in [2.05, 4.69) is 15.4 Å². The highest BCUT2D eigenvalue weighted by Gasteiger charge is 2.20. The zero-order chi connectivity index (χ0) is 18.9. The minimum absolute atomic E-state index is 0.0211. The van der Waals surface area contributed by atoms with Gasteiger partial charge < -0.3 is 10.1 Å². The highest BCUT2D eigenvalue weighted by molar-refractivity contribution is 7.86. The molecule has 2 aromatic heterocycles. The molecular weight excluding hydrogens is 403 g/mol. The molecule has 0 fully saturated rings. The van der Waals surface area contributed by atoms with Gasteiger partial charge in [0.05, 0.1) is 28.5 Å². The van der Waals surface area contributed by atoms with Gasteiger partial charge in [-0.2, -0.15) is 18.0 Å². The van der Waals surface area contributed by atoms with Crippen molar-refractivity contribution in [2.75, 3.05) is 11.9 Å². The number of hydrogen-bond acceptors (Lipinski definition) is 6. The van der Waals surface area contributed by atoms with Crippen LogP contribution in [0.2, 0.25) is 10.0 Å². The van der Waals surface area contributed by atoms with Crippen LogP contribution in [0.25, 0.3) is 5.65 Å². The van der Waals surface area contributed by atoms with Crippen LogP contribution in [0.5, 0.6) is 0 Å². The lowest BCUT2D eigenvalue weighted by Gasteiger charge is -2.11. The van der Waals surface area contributed by atoms with Crippen molar-refractivity contribution in [3.8, 4) is 0 Å². The first kappa shape index (κ1) is 18.9. The second kappa shape index (κ2) is 7.37. The highest BCUT2D eigenvalue weighted by Crippen LogP contribution is 2.28. The number of anilines is 2. The van der Waals surface area contributed by atoms with Crippen LogP contribution >= 0.6 is 23.2 Å². The fraction of sp³-hybridized carbons (Fsp3) is 0.200. The highest BCUT2D eigenvalue weighted by atomic mass is 35.5. The van der Waals surface area contributed by atoms with Crippen molar-refractivity contribution in [2.24, 2.45) is 0 Å². The van der Waals surface area contributed by atoms with E-state index in [0.29, 0.717) is 33.9 Å². The monoisotopic (exact) mass is 416 g/mol. The number of aromatic nitrogens is 3. The van der Waals surface area contributed by atoms with E-state index in [1.165, 1.54) is 4.52 Å². The Labute approximate surface area is 159 Å². The number of benzene rings is 1. The summed E-state index contributed by atoms with van der Waals surface area (Å²) in [7, 11) is -4.48. The summed E-state index contributed by atoms with van der Waals surface area (Å²) < 4.78 is 39.1. The SMILES string of the molecule is CCOCc1cc(Nc2ccc(Cl)c(Cl)c2)n2ncc(S(=O)(=O)O)c2n1. The first-order chi connectivity index (χ1) is 12.3. The maximum absolute atomic E-state index is 11.6. The Hall–Kier alpha value is -1.91. The molecule has 1 aromatic carbocycles. The van der Waals surface area contributed by atoms with Crippen LogP contribution in [0.3, 0.4) is 0 Å². The van der Waals surface area contributed by atoms with Gasteiger partial charge in [-0.1, -0.05) is 23.2 Å². The van der Waals surface area contributed by atoms with Gasteiger partial charge in [0, 0.05) is 18.4 Å². The molecule has 0 amide bonds. The maximum atomic E-state index is 11.6. The Kier molecular flexibility index (Phi) is 5.35. The molecule has 0 unspecified atom stereocenters. The Bertz CT molecular complexity index is 1070. The van der Waals surface area contributed by atoms with Crippen LogP contribution in [-0.2, 0) is 21.5 Å². The lowest BCUT2D eigenvalue weighted by molar-refractivity contribution is 0.131. The molecule has 0 aliphatic heterocycles. The molecule has 0 aliphatic carbocycles. The van der Waals surface area contributed by atoms with E-state index in [0.717, 1.165) is 6.20 Å². The molecule has 3 aromatic rings. The van der Waals surface area contributed by atoms with E-state index in [-0.39, 0.29) is 12.3 Å². The van der Waals surface area contributed by atoms with Crippen molar-refractivity contribution < 1.29 is 17.7 Å². The van der Waals surface area contributed by atoms with E-state index in [1.807, 2.05) is 6.92 Å². The smallest absolute Gasteiger partial charge is 0.299 e. The van der Waals surface area contributed by atoms with Gasteiger partial charge >= 0.3 is 0 Å². The van der Waals surface area contributed by atoms with Gasteiger partial charge in [0.25, 0.3) is 10.1 Å². The molecule has 0 atom stereocenters. The van der Waals surface area contributed by atoms with Crippen LogP contribution in [0.15, 0.2) is 35.4 Å². The van der Waals surface area contributed by atoms with Gasteiger partial charge in [-0.05, 0) is 25.1 Å². The first-order valence-electron chi connectivity index (χ1n) is 7.44. The lowest BCUT2D eigenvalue weighted by Crippen LogP contribution is -2.07. The first-order valence-corrected chi connectivity index (χ1v) is 9.64. The number of halogens is 2. The van der Waals surface area contributed by atoms with Crippen LogP contribution in [-0.4, -0.2) is 34.2 Å². The molecule has 2 heterocycles. The molecule has 26 heavy (non-hydrogen) atoms. The summed E-state index contributed by atoms with van der Waals surface area (Å²) in [4.78, 5) is 3.83. The van der Waals surface area contributed by atoms with Crippen LogP contribution in [0, 0.1) is 0 Å². The fourth-order valence-corrected chi connectivity index (χ4v) is 3.11. The summed E-state index contributed by atoms with van der Waals surface area (Å²) in [6.45, 7) is 2.46. The normalized spacial score (nSPS) is 11.8. The zero-order valence-corrected chi connectivity index (χ0v) is 15.8. The van der Waals surface area contributed by atoms with Crippen LogP contribution in [0.4, 0.5) is 11.5 Å². The van der Waals surface area contributed by atoms with Crippen molar-refractivity contribution in [3.05, 3.63) is 46.2 Å². The van der Waals surface area contributed by atoms with Crippen molar-refractivity contribution in [1.29, 1.82) is 0 Å². The standard InChI is InChI=1S/C15H14Cl2N4O4S/c1-2-25-8-10-6-14(19-9-3-4-11(16)12(17)5-9)21-15(20-10)13(7-18-21)26(22,23)24/h3-7,19H,2,8H2,1H3,(H,22,23,24). The van der Waals surface area contributed by atoms with Gasteiger partial charge in [0.2, 0.25) is 0 Å². The number of rotatable bonds is 6. The predicted octanol–water partition coefficient (Wildman–Crippen LogP) is 3.56. The molecule has 11 heteroatoms. The largest absolute Gasteiger partial charge is 0.375 e. The van der Waals surface area contributed by atoms with E-state index < -0.39 is 15.0 Å². The summed E-state index contributed by atoms with van der Waals surface area (Å²) in [5, 5.41) is 7.84. The fourth-order valence-electron chi connectivity index (χ4n) is 2.27. The van der Waals surface area contributed by atoms with Gasteiger partial charge in [0.15, 0.2) is 10.5 Å². The van der Waals surface area contributed by atoms with Gasteiger partial charge in [-0.25, -0.2) is 4.98 Å². The average molecular weight is 417 g/mol. The molecule has 0 bridgehead atoms. The summed E-state index contributed by atoms with van der Waals surface area (Å²) in [6, 6.07) is 6.60. The van der Waals surface area contributed by atoms with Gasteiger partial charge in [0.1, 0.15) is 5.82 Å². The Balaban J connectivity index is 2.12. The molecule has 0 saturated carbocycles. The number of ether oxygens (including phenoxy) is 1. The van der Waals surface area contributed by atoms with Crippen molar-refractivity contribution >= 4 is 50.5 Å². The topological polar surface area (TPSA) is 106 Å². The molecular formula is C15H14Cl2N4O4S. The molecule has 0 saturated heterocycles. The third kappa shape index (κ3) is 3.92. The molecule has 138 valence electrons. The van der Waals surface area contributed by atoms with Crippen molar-refractivity contribution in [2.45, 2.75) is 18.4 Å². The number of fused-ring (bicyclic) bond motifs is 1. The van der Waals surface area contributed by atoms with Crippen LogP contribution in [0.1, 0.15) is 12.6 Å². The molecule has 8 nitrogen and oxygen atoms in total. The van der Waals surface area contributed by atoms with Gasteiger partial charge in [-0.15, -0.1) is 0 Å². The van der Waals surface area contributed by atoms with Gasteiger partial charge in [-0.3, -0.25) is 4.55 Å².